The van der Waals surface area contributed by atoms with Gasteiger partial charge in [-0.2, -0.15) is 0 Å². The van der Waals surface area contributed by atoms with Crippen molar-refractivity contribution in [2.24, 2.45) is 0 Å². The van der Waals surface area contributed by atoms with Gasteiger partial charge in [0.1, 0.15) is 0 Å². The van der Waals surface area contributed by atoms with Gasteiger partial charge in [0.05, 0.1) is 21.6 Å². The second-order valence-electron chi connectivity index (χ2n) is 7.76. The number of hydrogen-bond donors (Lipinski definition) is 1. The van der Waals surface area contributed by atoms with E-state index in [4.69, 9.17) is 16.3 Å². The lowest BCUT2D eigenvalue weighted by atomic mass is 10.1. The van der Waals surface area contributed by atoms with E-state index >= 15 is 0 Å². The maximum Gasteiger partial charge on any atom is 0.408 e. The van der Waals surface area contributed by atoms with Gasteiger partial charge in [-0.25, -0.2) is 9.78 Å². The van der Waals surface area contributed by atoms with Crippen molar-refractivity contribution in [2.45, 2.75) is 45.8 Å². The minimum Gasteiger partial charge on any atom is -0.438 e. The third kappa shape index (κ3) is 4.59. The summed E-state index contributed by atoms with van der Waals surface area (Å²) >= 11 is 6.30. The van der Waals surface area contributed by atoms with E-state index in [1.807, 2.05) is 45.9 Å². The third-order valence-corrected chi connectivity index (χ3v) is 4.59. The Morgan fingerprint density at radius 2 is 1.86 bits per heavy atom. The van der Waals surface area contributed by atoms with Crippen LogP contribution in [0.2, 0.25) is 5.02 Å². The Bertz CT molecular complexity index is 1090. The third-order valence-electron chi connectivity index (χ3n) is 4.27. The van der Waals surface area contributed by atoms with Crippen molar-refractivity contribution in [1.29, 1.82) is 0 Å². The number of aromatic nitrogens is 2. The number of nitrogens with one attached hydrogen (secondary N) is 1. The summed E-state index contributed by atoms with van der Waals surface area (Å²) in [7, 11) is 0. The summed E-state index contributed by atoms with van der Waals surface area (Å²) in [5, 5.41) is 3.44. The van der Waals surface area contributed by atoms with Crippen LogP contribution in [0.4, 0.5) is 4.79 Å². The summed E-state index contributed by atoms with van der Waals surface area (Å²) < 4.78 is 7.12. The predicted molar refractivity (Wildman–Crippen MR) is 115 cm³/mol. The SMILES string of the molecule is CC[C@H](OC(=O)NC(C)(C)C)c1nc2cccc(Cl)c2c(=O)n1-c1ccccc1. The fourth-order valence-electron chi connectivity index (χ4n) is 3.03. The highest BCUT2D eigenvalue weighted by atomic mass is 35.5. The largest absolute Gasteiger partial charge is 0.438 e. The molecule has 1 amide bonds. The van der Waals surface area contributed by atoms with E-state index in [2.05, 4.69) is 10.3 Å². The second kappa shape index (κ2) is 8.25. The van der Waals surface area contributed by atoms with E-state index < -0.39 is 17.7 Å². The number of alkyl carbamates (subject to hydrolysis) is 1. The molecule has 1 heterocycles. The van der Waals surface area contributed by atoms with E-state index in [1.165, 1.54) is 4.57 Å². The summed E-state index contributed by atoms with van der Waals surface area (Å²) in [5.74, 6) is 0.350. The number of nitrogens with zero attached hydrogens (tertiary/aromatic N) is 2. The number of benzene rings is 2. The number of hydrogen-bond acceptors (Lipinski definition) is 4. The number of amides is 1. The van der Waals surface area contributed by atoms with E-state index in [1.54, 1.807) is 30.3 Å². The molecule has 29 heavy (non-hydrogen) atoms. The van der Waals surface area contributed by atoms with Crippen LogP contribution >= 0.6 is 11.6 Å². The van der Waals surface area contributed by atoms with Gasteiger partial charge in [-0.1, -0.05) is 42.8 Å². The first-order valence-electron chi connectivity index (χ1n) is 9.46. The Balaban J connectivity index is 2.19. The van der Waals surface area contributed by atoms with Gasteiger partial charge in [-0.3, -0.25) is 9.36 Å². The Hall–Kier alpha value is -2.86. The summed E-state index contributed by atoms with van der Waals surface area (Å²) in [5.41, 5.74) is 0.335. The van der Waals surface area contributed by atoms with Crippen LogP contribution in [0.5, 0.6) is 0 Å². The number of ether oxygens (including phenoxy) is 1. The molecule has 6 nitrogen and oxygen atoms in total. The van der Waals surface area contributed by atoms with Crippen molar-refractivity contribution < 1.29 is 9.53 Å². The molecule has 0 unspecified atom stereocenters. The van der Waals surface area contributed by atoms with Gasteiger partial charge in [0.15, 0.2) is 11.9 Å². The van der Waals surface area contributed by atoms with Crippen LogP contribution in [-0.2, 0) is 4.74 Å². The maximum atomic E-state index is 13.4. The number of rotatable bonds is 4. The van der Waals surface area contributed by atoms with Gasteiger partial charge in [-0.05, 0) is 51.5 Å². The lowest BCUT2D eigenvalue weighted by Crippen LogP contribution is -2.41. The van der Waals surface area contributed by atoms with Crippen LogP contribution in [0.15, 0.2) is 53.3 Å². The molecular formula is C22H24ClN3O3. The van der Waals surface area contributed by atoms with Crippen LogP contribution < -0.4 is 10.9 Å². The summed E-state index contributed by atoms with van der Waals surface area (Å²) in [6.07, 6.45) is -0.832. The quantitative estimate of drug-likeness (QED) is 0.652. The molecule has 0 spiro atoms. The van der Waals surface area contributed by atoms with E-state index in [-0.39, 0.29) is 5.56 Å². The van der Waals surface area contributed by atoms with Crippen LogP contribution in [0.1, 0.15) is 46.0 Å². The van der Waals surface area contributed by atoms with E-state index in [0.717, 1.165) is 0 Å². The van der Waals surface area contributed by atoms with Crippen molar-refractivity contribution in [3.05, 3.63) is 69.7 Å². The average Bonchev–Trinajstić information content (AvgIpc) is 2.65. The zero-order chi connectivity index (χ0) is 21.2. The lowest BCUT2D eigenvalue weighted by molar-refractivity contribution is 0.0830. The molecule has 0 bridgehead atoms. The van der Waals surface area contributed by atoms with Crippen molar-refractivity contribution in [2.75, 3.05) is 0 Å². The zero-order valence-corrected chi connectivity index (χ0v) is 17.7. The first-order chi connectivity index (χ1) is 13.7. The van der Waals surface area contributed by atoms with Gasteiger partial charge in [0.25, 0.3) is 5.56 Å². The number of halogens is 1. The Morgan fingerprint density at radius 3 is 2.48 bits per heavy atom. The van der Waals surface area contributed by atoms with Gasteiger partial charge in [0, 0.05) is 5.54 Å². The molecule has 2 aromatic carbocycles. The number of fused-ring (bicyclic) bond motifs is 1. The fourth-order valence-corrected chi connectivity index (χ4v) is 3.28. The Morgan fingerprint density at radius 1 is 1.17 bits per heavy atom. The summed E-state index contributed by atoms with van der Waals surface area (Å²) in [6, 6.07) is 14.2. The van der Waals surface area contributed by atoms with Gasteiger partial charge >= 0.3 is 6.09 Å². The summed E-state index contributed by atoms with van der Waals surface area (Å²) in [6.45, 7) is 7.47. The standard InChI is InChI=1S/C22H24ClN3O3/c1-5-17(29-21(28)25-22(2,3)4)19-24-16-13-9-12-15(23)18(16)20(27)26(19)14-10-7-6-8-11-14/h6-13,17H,5H2,1-4H3,(H,25,28)/t17-/m0/s1. The molecule has 152 valence electrons. The number of para-hydroxylation sites is 1. The van der Waals surface area contributed by atoms with E-state index in [9.17, 15) is 9.59 Å². The molecule has 0 aliphatic rings. The Kier molecular flexibility index (Phi) is 5.94. The predicted octanol–water partition coefficient (Wildman–Crippen LogP) is 5.01. The highest BCUT2D eigenvalue weighted by Gasteiger charge is 2.25. The molecule has 1 atom stereocenters. The van der Waals surface area contributed by atoms with Crippen LogP contribution in [-0.4, -0.2) is 21.2 Å². The van der Waals surface area contributed by atoms with Crippen LogP contribution in [0, 0.1) is 0 Å². The molecule has 3 rings (SSSR count). The zero-order valence-electron chi connectivity index (χ0n) is 16.9. The topological polar surface area (TPSA) is 73.2 Å². The molecule has 7 heteroatoms. The second-order valence-corrected chi connectivity index (χ2v) is 8.16. The Labute approximate surface area is 174 Å². The normalized spacial score (nSPS) is 12.6. The van der Waals surface area contributed by atoms with E-state index in [0.29, 0.717) is 33.9 Å². The van der Waals surface area contributed by atoms with Crippen LogP contribution in [0.3, 0.4) is 0 Å². The molecule has 0 aliphatic carbocycles. The van der Waals surface area contributed by atoms with Crippen molar-refractivity contribution >= 4 is 28.6 Å². The summed E-state index contributed by atoms with van der Waals surface area (Å²) in [4.78, 5) is 30.4. The monoisotopic (exact) mass is 413 g/mol. The molecule has 0 radical (unpaired) electrons. The minimum atomic E-state index is -0.714. The fraction of sp³-hybridized carbons (Fsp3) is 0.318. The lowest BCUT2D eigenvalue weighted by Gasteiger charge is -2.24. The molecule has 0 aliphatic heterocycles. The molecule has 0 saturated carbocycles. The smallest absolute Gasteiger partial charge is 0.408 e. The average molecular weight is 414 g/mol. The molecule has 1 aromatic heterocycles. The maximum absolute atomic E-state index is 13.4. The van der Waals surface area contributed by atoms with Gasteiger partial charge in [-0.15, -0.1) is 0 Å². The minimum absolute atomic E-state index is 0.305. The molecule has 0 saturated heterocycles. The molecule has 0 fully saturated rings. The number of carbonyl (C=O) groups is 1. The number of carbonyl (C=O) groups excluding carboxylic acids is 1. The van der Waals surface area contributed by atoms with Crippen molar-refractivity contribution in [3.63, 3.8) is 0 Å². The highest BCUT2D eigenvalue weighted by molar-refractivity contribution is 6.35. The molecule has 3 aromatic rings. The van der Waals surface area contributed by atoms with Crippen molar-refractivity contribution in [1.82, 2.24) is 14.9 Å². The first kappa shape index (κ1) is 20.9. The van der Waals surface area contributed by atoms with Crippen molar-refractivity contribution in [3.8, 4) is 5.69 Å². The van der Waals surface area contributed by atoms with Gasteiger partial charge in [0.2, 0.25) is 0 Å². The highest BCUT2D eigenvalue weighted by Crippen LogP contribution is 2.26. The molecular weight excluding hydrogens is 390 g/mol. The first-order valence-corrected chi connectivity index (χ1v) is 9.84. The van der Waals surface area contributed by atoms with Gasteiger partial charge < -0.3 is 10.1 Å². The molecule has 1 N–H and O–H groups in total. The van der Waals surface area contributed by atoms with Crippen LogP contribution in [0.25, 0.3) is 16.6 Å².